The summed E-state index contributed by atoms with van der Waals surface area (Å²) in [7, 11) is 0. The Morgan fingerprint density at radius 1 is 1.06 bits per heavy atom. The van der Waals surface area contributed by atoms with Crippen molar-refractivity contribution < 1.29 is 18.5 Å². The van der Waals surface area contributed by atoms with Gasteiger partial charge < -0.3 is 15.2 Å². The molecular formula is C22H16ClFN4O3. The number of benzene rings is 2. The van der Waals surface area contributed by atoms with E-state index < -0.39 is 5.91 Å². The molecule has 0 spiro atoms. The Morgan fingerprint density at radius 2 is 1.81 bits per heavy atom. The highest BCUT2D eigenvalue weighted by Crippen LogP contribution is 2.30. The topological polar surface area (TPSA) is 97.1 Å². The first kappa shape index (κ1) is 20.5. The average molecular weight is 439 g/mol. The quantitative estimate of drug-likeness (QED) is 0.456. The summed E-state index contributed by atoms with van der Waals surface area (Å²) < 4.78 is 18.6. The van der Waals surface area contributed by atoms with Gasteiger partial charge in [0.25, 0.3) is 11.6 Å². The van der Waals surface area contributed by atoms with Crippen LogP contribution in [0.25, 0.3) is 22.4 Å². The molecular weight excluding hydrogens is 423 g/mol. The van der Waals surface area contributed by atoms with Gasteiger partial charge in [0, 0.05) is 18.2 Å². The molecule has 0 atom stereocenters. The zero-order valence-electron chi connectivity index (χ0n) is 16.5. The number of aryl methyl sites for hydroxylation is 1. The number of carbonyl (C=O) groups excluding carboxylic acids is 2. The number of anilines is 2. The van der Waals surface area contributed by atoms with E-state index in [1.165, 1.54) is 19.1 Å². The van der Waals surface area contributed by atoms with E-state index in [0.29, 0.717) is 38.7 Å². The predicted molar refractivity (Wildman–Crippen MR) is 116 cm³/mol. The van der Waals surface area contributed by atoms with E-state index >= 15 is 0 Å². The minimum absolute atomic E-state index is 0.183. The van der Waals surface area contributed by atoms with Crippen LogP contribution in [0.2, 0.25) is 5.02 Å². The van der Waals surface area contributed by atoms with E-state index in [4.69, 9.17) is 16.1 Å². The third kappa shape index (κ3) is 4.24. The summed E-state index contributed by atoms with van der Waals surface area (Å²) in [5.41, 5.74) is 2.78. The van der Waals surface area contributed by atoms with Crippen LogP contribution in [-0.4, -0.2) is 22.0 Å². The highest BCUT2D eigenvalue weighted by Gasteiger charge is 2.20. The lowest BCUT2D eigenvalue weighted by molar-refractivity contribution is -0.114. The fourth-order valence-electron chi connectivity index (χ4n) is 3.13. The monoisotopic (exact) mass is 438 g/mol. The number of pyridine rings is 1. The van der Waals surface area contributed by atoms with Gasteiger partial charge in [-0.2, -0.15) is 0 Å². The van der Waals surface area contributed by atoms with Crippen molar-refractivity contribution in [3.05, 3.63) is 70.6 Å². The predicted octanol–water partition coefficient (Wildman–Crippen LogP) is 5.20. The molecule has 0 radical (unpaired) electrons. The molecule has 4 rings (SSSR count). The van der Waals surface area contributed by atoms with Crippen molar-refractivity contribution in [3.63, 3.8) is 0 Å². The van der Waals surface area contributed by atoms with E-state index in [2.05, 4.69) is 20.8 Å². The van der Waals surface area contributed by atoms with Crippen molar-refractivity contribution >= 4 is 45.9 Å². The highest BCUT2D eigenvalue weighted by atomic mass is 35.5. The SMILES string of the molecule is CC(=O)Nc1ccc(Cl)c(NC(=O)c2cc(-c3ccc(F)cc3)nc3onc(C)c23)c1. The molecule has 0 bridgehead atoms. The van der Waals surface area contributed by atoms with Gasteiger partial charge in [0.2, 0.25) is 5.91 Å². The maximum Gasteiger partial charge on any atom is 0.259 e. The summed E-state index contributed by atoms with van der Waals surface area (Å²) in [5.74, 6) is -1.10. The normalized spacial score (nSPS) is 10.8. The van der Waals surface area contributed by atoms with Gasteiger partial charge in [-0.05, 0) is 55.5 Å². The van der Waals surface area contributed by atoms with Crippen molar-refractivity contribution in [1.82, 2.24) is 10.1 Å². The molecule has 0 saturated heterocycles. The number of hydrogen-bond donors (Lipinski definition) is 2. The minimum Gasteiger partial charge on any atom is -0.335 e. The van der Waals surface area contributed by atoms with Crippen LogP contribution < -0.4 is 10.6 Å². The van der Waals surface area contributed by atoms with Gasteiger partial charge in [0.15, 0.2) is 0 Å². The maximum absolute atomic E-state index is 13.3. The Labute approximate surface area is 181 Å². The van der Waals surface area contributed by atoms with Gasteiger partial charge in [-0.15, -0.1) is 0 Å². The second-order valence-electron chi connectivity index (χ2n) is 6.84. The summed E-state index contributed by atoms with van der Waals surface area (Å²) in [6.45, 7) is 3.08. The highest BCUT2D eigenvalue weighted by molar-refractivity contribution is 6.34. The Kier molecular flexibility index (Phi) is 5.39. The fourth-order valence-corrected chi connectivity index (χ4v) is 3.30. The Bertz CT molecular complexity index is 1320. The molecule has 0 unspecified atom stereocenters. The number of carbonyl (C=O) groups is 2. The lowest BCUT2D eigenvalue weighted by Crippen LogP contribution is -2.14. The molecule has 7 nitrogen and oxygen atoms in total. The molecule has 4 aromatic rings. The van der Waals surface area contributed by atoms with E-state index in [1.807, 2.05) is 0 Å². The van der Waals surface area contributed by atoms with E-state index in [1.54, 1.807) is 43.3 Å². The first-order valence-electron chi connectivity index (χ1n) is 9.23. The number of amides is 2. The van der Waals surface area contributed by atoms with Gasteiger partial charge in [0.1, 0.15) is 5.82 Å². The van der Waals surface area contributed by atoms with E-state index in [0.717, 1.165) is 0 Å². The molecule has 156 valence electrons. The number of nitrogens with one attached hydrogen (secondary N) is 2. The molecule has 2 heterocycles. The summed E-state index contributed by atoms with van der Waals surface area (Å²) in [6.07, 6.45) is 0. The van der Waals surface area contributed by atoms with Gasteiger partial charge in [-0.25, -0.2) is 9.37 Å². The Hall–Kier alpha value is -3.78. The number of hydrogen-bond acceptors (Lipinski definition) is 5. The zero-order chi connectivity index (χ0) is 22.1. The van der Waals surface area contributed by atoms with Gasteiger partial charge in [-0.3, -0.25) is 9.59 Å². The van der Waals surface area contributed by atoms with Crippen LogP contribution in [0.3, 0.4) is 0 Å². The van der Waals surface area contributed by atoms with Crippen molar-refractivity contribution in [2.45, 2.75) is 13.8 Å². The average Bonchev–Trinajstić information content (AvgIpc) is 3.11. The molecule has 31 heavy (non-hydrogen) atoms. The number of rotatable bonds is 4. The van der Waals surface area contributed by atoms with Crippen molar-refractivity contribution in [2.75, 3.05) is 10.6 Å². The molecule has 2 amide bonds. The largest absolute Gasteiger partial charge is 0.335 e. The van der Waals surface area contributed by atoms with Crippen LogP contribution in [0.1, 0.15) is 23.0 Å². The molecule has 2 N–H and O–H groups in total. The molecule has 0 aliphatic rings. The van der Waals surface area contributed by atoms with Crippen LogP contribution in [0.15, 0.2) is 53.1 Å². The number of aromatic nitrogens is 2. The standard InChI is InChI=1S/C22H16ClFN4O3/c1-11-20-16(21(30)26-19-9-15(25-12(2)29)7-8-17(19)23)10-18(27-22(20)31-28-11)13-3-5-14(24)6-4-13/h3-10H,1-2H3,(H,25,29)(H,26,30). The zero-order valence-corrected chi connectivity index (χ0v) is 17.2. The first-order valence-corrected chi connectivity index (χ1v) is 9.61. The maximum atomic E-state index is 13.3. The second kappa shape index (κ2) is 8.16. The third-order valence-corrected chi connectivity index (χ3v) is 4.87. The van der Waals surface area contributed by atoms with Crippen LogP contribution in [0.5, 0.6) is 0 Å². The van der Waals surface area contributed by atoms with Crippen LogP contribution in [-0.2, 0) is 4.79 Å². The molecule has 0 aliphatic heterocycles. The fraction of sp³-hybridized carbons (Fsp3) is 0.0909. The molecule has 2 aromatic heterocycles. The molecule has 0 fully saturated rings. The minimum atomic E-state index is -0.469. The van der Waals surface area contributed by atoms with Gasteiger partial charge >= 0.3 is 0 Å². The Morgan fingerprint density at radius 3 is 2.52 bits per heavy atom. The molecule has 0 saturated carbocycles. The van der Waals surface area contributed by atoms with E-state index in [9.17, 15) is 14.0 Å². The van der Waals surface area contributed by atoms with Crippen molar-refractivity contribution in [3.8, 4) is 11.3 Å². The lowest BCUT2D eigenvalue weighted by atomic mass is 10.0. The summed E-state index contributed by atoms with van der Waals surface area (Å²) in [6, 6.07) is 12.1. The number of nitrogens with zero attached hydrogens (tertiary/aromatic N) is 2. The van der Waals surface area contributed by atoms with Crippen LogP contribution in [0.4, 0.5) is 15.8 Å². The summed E-state index contributed by atoms with van der Waals surface area (Å²) in [4.78, 5) is 28.9. The summed E-state index contributed by atoms with van der Waals surface area (Å²) in [5, 5.41) is 10.1. The van der Waals surface area contributed by atoms with Gasteiger partial charge in [-0.1, -0.05) is 16.8 Å². The smallest absolute Gasteiger partial charge is 0.259 e. The number of halogens is 2. The van der Waals surface area contributed by atoms with Crippen molar-refractivity contribution in [1.29, 1.82) is 0 Å². The molecule has 0 aliphatic carbocycles. The Balaban J connectivity index is 1.76. The van der Waals surface area contributed by atoms with Gasteiger partial charge in [0.05, 0.1) is 33.0 Å². The third-order valence-electron chi connectivity index (χ3n) is 4.54. The summed E-state index contributed by atoms with van der Waals surface area (Å²) >= 11 is 6.23. The molecule has 2 aromatic carbocycles. The van der Waals surface area contributed by atoms with Crippen molar-refractivity contribution in [2.24, 2.45) is 0 Å². The number of fused-ring (bicyclic) bond motifs is 1. The molecule has 9 heteroatoms. The van der Waals surface area contributed by atoms with Crippen LogP contribution in [0, 0.1) is 12.7 Å². The lowest BCUT2D eigenvalue weighted by Gasteiger charge is -2.11. The first-order chi connectivity index (χ1) is 14.8. The second-order valence-corrected chi connectivity index (χ2v) is 7.25. The van der Waals surface area contributed by atoms with Crippen LogP contribution >= 0.6 is 11.6 Å². The van der Waals surface area contributed by atoms with E-state index in [-0.39, 0.29) is 23.0 Å².